The molecule has 8 heteroatoms. The zero-order valence-corrected chi connectivity index (χ0v) is 12.6. The van der Waals surface area contributed by atoms with Gasteiger partial charge in [0.1, 0.15) is 16.3 Å². The molecule has 0 spiro atoms. The van der Waals surface area contributed by atoms with Crippen molar-refractivity contribution in [2.45, 2.75) is 6.92 Å². The molecule has 0 fully saturated rings. The fourth-order valence-corrected chi connectivity index (χ4v) is 3.11. The zero-order valence-electron chi connectivity index (χ0n) is 11.8. The molecular weight excluding hydrogens is 306 g/mol. The van der Waals surface area contributed by atoms with Crippen molar-refractivity contribution in [3.05, 3.63) is 55.9 Å². The van der Waals surface area contributed by atoms with E-state index in [4.69, 9.17) is 4.74 Å². The van der Waals surface area contributed by atoms with Crippen LogP contribution in [0.2, 0.25) is 0 Å². The summed E-state index contributed by atoms with van der Waals surface area (Å²) in [4.78, 5) is 27.3. The highest BCUT2D eigenvalue weighted by atomic mass is 32.1. The van der Waals surface area contributed by atoms with E-state index < -0.39 is 4.92 Å². The molecule has 0 saturated carbocycles. The predicted molar refractivity (Wildman–Crippen MR) is 83.2 cm³/mol. The Labute approximate surface area is 128 Å². The van der Waals surface area contributed by atoms with Gasteiger partial charge < -0.3 is 4.74 Å². The van der Waals surface area contributed by atoms with Crippen LogP contribution in [0.5, 0.6) is 5.75 Å². The third-order valence-electron chi connectivity index (χ3n) is 3.27. The molecule has 7 nitrogen and oxygen atoms in total. The average molecular weight is 317 g/mol. The molecule has 0 radical (unpaired) electrons. The number of nitrogens with zero attached hydrogens (tertiary/aromatic N) is 3. The number of fused-ring (bicyclic) bond motifs is 1. The van der Waals surface area contributed by atoms with Gasteiger partial charge in [-0.2, -0.15) is 0 Å². The maximum Gasteiger partial charge on any atom is 0.306 e. The van der Waals surface area contributed by atoms with Crippen LogP contribution in [0.1, 0.15) is 5.82 Å². The molecule has 112 valence electrons. The minimum Gasteiger partial charge on any atom is -0.497 e. The second-order valence-corrected chi connectivity index (χ2v) is 5.43. The first-order chi connectivity index (χ1) is 10.5. The molecule has 0 aliphatic rings. The molecule has 0 unspecified atom stereocenters. The van der Waals surface area contributed by atoms with Gasteiger partial charge in [-0.1, -0.05) is 0 Å². The third kappa shape index (κ3) is 2.13. The maximum atomic E-state index is 12.6. The van der Waals surface area contributed by atoms with Crippen LogP contribution in [0.4, 0.5) is 5.69 Å². The number of aromatic nitrogens is 2. The summed E-state index contributed by atoms with van der Waals surface area (Å²) in [5.74, 6) is 1.07. The molecule has 2 aromatic heterocycles. The summed E-state index contributed by atoms with van der Waals surface area (Å²) in [5.41, 5.74) is 0.323. The van der Waals surface area contributed by atoms with Gasteiger partial charge in [-0.15, -0.1) is 11.3 Å². The van der Waals surface area contributed by atoms with Crippen LogP contribution in [-0.4, -0.2) is 21.6 Å². The quantitative estimate of drug-likeness (QED) is 0.547. The van der Waals surface area contributed by atoms with E-state index in [9.17, 15) is 14.9 Å². The normalized spacial score (nSPS) is 10.8. The second kappa shape index (κ2) is 5.23. The lowest BCUT2D eigenvalue weighted by molar-refractivity contribution is -0.382. The molecule has 2 heterocycles. The molecule has 1 aromatic carbocycles. The Balaban J connectivity index is 2.26. The summed E-state index contributed by atoms with van der Waals surface area (Å²) in [5, 5.41) is 12.3. The van der Waals surface area contributed by atoms with Gasteiger partial charge in [-0.25, -0.2) is 4.98 Å². The second-order valence-electron chi connectivity index (χ2n) is 4.55. The van der Waals surface area contributed by atoms with E-state index in [-0.39, 0.29) is 21.5 Å². The van der Waals surface area contributed by atoms with Crippen molar-refractivity contribution >= 4 is 27.2 Å². The molecule has 0 amide bonds. The largest absolute Gasteiger partial charge is 0.497 e. The molecule has 3 aromatic rings. The monoisotopic (exact) mass is 317 g/mol. The summed E-state index contributed by atoms with van der Waals surface area (Å²) in [6.45, 7) is 1.65. The Morgan fingerprint density at radius 1 is 1.32 bits per heavy atom. The predicted octanol–water partition coefficient (Wildman–Crippen LogP) is 2.67. The number of ether oxygens (including phenoxy) is 1. The number of hydrogen-bond donors (Lipinski definition) is 0. The van der Waals surface area contributed by atoms with Gasteiger partial charge in [-0.3, -0.25) is 19.5 Å². The number of benzene rings is 1. The van der Waals surface area contributed by atoms with Crippen LogP contribution in [0, 0.1) is 17.0 Å². The summed E-state index contributed by atoms with van der Waals surface area (Å²) < 4.78 is 6.79. The van der Waals surface area contributed by atoms with Crippen molar-refractivity contribution in [1.82, 2.24) is 9.55 Å². The van der Waals surface area contributed by atoms with Crippen molar-refractivity contribution in [3.63, 3.8) is 0 Å². The highest BCUT2D eigenvalue weighted by Gasteiger charge is 2.21. The molecule has 0 bridgehead atoms. The van der Waals surface area contributed by atoms with Crippen molar-refractivity contribution in [3.8, 4) is 11.4 Å². The van der Waals surface area contributed by atoms with E-state index in [1.165, 1.54) is 9.95 Å². The average Bonchev–Trinajstić information content (AvgIpc) is 2.92. The Morgan fingerprint density at radius 3 is 2.59 bits per heavy atom. The fraction of sp³-hybridized carbons (Fsp3) is 0.143. The molecular formula is C14H11N3O4S. The topological polar surface area (TPSA) is 87.3 Å². The lowest BCUT2D eigenvalue weighted by Gasteiger charge is -2.09. The van der Waals surface area contributed by atoms with E-state index >= 15 is 0 Å². The summed E-state index contributed by atoms with van der Waals surface area (Å²) in [7, 11) is 1.56. The van der Waals surface area contributed by atoms with Gasteiger partial charge in [0.05, 0.1) is 23.1 Å². The molecule has 0 atom stereocenters. The standard InChI is InChI=1S/C14H11N3O4S/c1-8-15-12-11(17(19)20)7-22-13(12)14(18)16(8)9-3-5-10(21-2)6-4-9/h3-7H,1-2H3. The van der Waals surface area contributed by atoms with Crippen LogP contribution in [0.15, 0.2) is 34.4 Å². The first kappa shape index (κ1) is 14.2. The van der Waals surface area contributed by atoms with E-state index in [1.807, 2.05) is 0 Å². The summed E-state index contributed by atoms with van der Waals surface area (Å²) in [6, 6.07) is 6.95. The number of aryl methyl sites for hydroxylation is 1. The smallest absolute Gasteiger partial charge is 0.306 e. The number of rotatable bonds is 3. The lowest BCUT2D eigenvalue weighted by Crippen LogP contribution is -2.21. The minimum atomic E-state index is -0.525. The van der Waals surface area contributed by atoms with Crippen LogP contribution < -0.4 is 10.3 Å². The van der Waals surface area contributed by atoms with Crippen molar-refractivity contribution in [2.24, 2.45) is 0 Å². The first-order valence-corrected chi connectivity index (χ1v) is 7.20. The Hall–Kier alpha value is -2.74. The molecule has 22 heavy (non-hydrogen) atoms. The molecule has 0 aliphatic heterocycles. The van der Waals surface area contributed by atoms with E-state index in [0.29, 0.717) is 17.3 Å². The Bertz CT molecular complexity index is 928. The number of nitro groups is 1. The van der Waals surface area contributed by atoms with E-state index in [0.717, 1.165) is 11.3 Å². The Morgan fingerprint density at radius 2 is 2.00 bits per heavy atom. The zero-order chi connectivity index (χ0) is 15.9. The van der Waals surface area contributed by atoms with Crippen LogP contribution in [0.25, 0.3) is 15.9 Å². The molecule has 0 saturated heterocycles. The van der Waals surface area contributed by atoms with Crippen LogP contribution >= 0.6 is 11.3 Å². The third-order valence-corrected chi connectivity index (χ3v) is 4.21. The lowest BCUT2D eigenvalue weighted by atomic mass is 10.3. The van der Waals surface area contributed by atoms with Gasteiger partial charge >= 0.3 is 5.69 Å². The van der Waals surface area contributed by atoms with E-state index in [1.54, 1.807) is 38.3 Å². The van der Waals surface area contributed by atoms with Gasteiger partial charge in [-0.05, 0) is 31.2 Å². The minimum absolute atomic E-state index is 0.137. The highest BCUT2D eigenvalue weighted by Crippen LogP contribution is 2.28. The number of methoxy groups -OCH3 is 1. The van der Waals surface area contributed by atoms with Crippen molar-refractivity contribution in [1.29, 1.82) is 0 Å². The Kier molecular flexibility index (Phi) is 3.38. The van der Waals surface area contributed by atoms with Gasteiger partial charge in [0.2, 0.25) is 0 Å². The van der Waals surface area contributed by atoms with E-state index in [2.05, 4.69) is 4.98 Å². The first-order valence-electron chi connectivity index (χ1n) is 6.32. The summed E-state index contributed by atoms with van der Waals surface area (Å²) in [6.07, 6.45) is 0. The van der Waals surface area contributed by atoms with Crippen molar-refractivity contribution in [2.75, 3.05) is 7.11 Å². The van der Waals surface area contributed by atoms with Crippen molar-refractivity contribution < 1.29 is 9.66 Å². The molecule has 0 aliphatic carbocycles. The number of hydrogen-bond acceptors (Lipinski definition) is 6. The maximum absolute atomic E-state index is 12.6. The van der Waals surface area contributed by atoms with Crippen LogP contribution in [-0.2, 0) is 0 Å². The molecule has 3 rings (SSSR count). The number of thiophene rings is 1. The van der Waals surface area contributed by atoms with Gasteiger partial charge in [0, 0.05) is 0 Å². The van der Waals surface area contributed by atoms with Crippen LogP contribution in [0.3, 0.4) is 0 Å². The highest BCUT2D eigenvalue weighted by molar-refractivity contribution is 7.17. The van der Waals surface area contributed by atoms with Gasteiger partial charge in [0.15, 0.2) is 5.52 Å². The fourth-order valence-electron chi connectivity index (χ4n) is 2.23. The molecule has 0 N–H and O–H groups in total. The van der Waals surface area contributed by atoms with Gasteiger partial charge in [0.25, 0.3) is 5.56 Å². The summed E-state index contributed by atoms with van der Waals surface area (Å²) >= 11 is 1.03. The SMILES string of the molecule is COc1ccc(-n2c(C)nc3c([N+](=O)[O-])csc3c2=O)cc1.